The van der Waals surface area contributed by atoms with Crippen LogP contribution in [0, 0.1) is 11.6 Å². The van der Waals surface area contributed by atoms with Gasteiger partial charge in [0.15, 0.2) is 10.9 Å². The van der Waals surface area contributed by atoms with E-state index in [1.807, 2.05) is 13.8 Å². The summed E-state index contributed by atoms with van der Waals surface area (Å²) in [6.45, 7) is 6.58. The normalized spacial score (nSPS) is 11.2. The van der Waals surface area contributed by atoms with Crippen LogP contribution in [0.15, 0.2) is 36.4 Å². The number of carbonyl (C=O) groups excluding carboxylic acids is 2. The number of likely N-dealkylation sites (N-methyl/N-ethyl adjacent to an activating group) is 1. The number of esters is 1. The maximum absolute atomic E-state index is 14.2. The number of ether oxygens (including phenoxy) is 1. The molecule has 31 heavy (non-hydrogen) atoms. The van der Waals surface area contributed by atoms with Gasteiger partial charge in [-0.05, 0) is 43.4 Å². The van der Waals surface area contributed by atoms with Gasteiger partial charge in [0.1, 0.15) is 11.3 Å². The molecule has 3 aromatic rings. The summed E-state index contributed by atoms with van der Waals surface area (Å²) < 4.78 is 32.8. The van der Waals surface area contributed by atoms with Crippen LogP contribution in [0.5, 0.6) is 0 Å². The fraction of sp³-hybridized carbons (Fsp3) is 0.318. The van der Waals surface area contributed by atoms with Crippen molar-refractivity contribution in [1.29, 1.82) is 0 Å². The zero-order valence-corrected chi connectivity index (χ0v) is 18.3. The number of methoxy groups -OCH3 is 1. The molecule has 0 bridgehead atoms. The summed E-state index contributed by atoms with van der Waals surface area (Å²) in [4.78, 5) is 32.8. The largest absolute Gasteiger partial charge is 0.465 e. The Morgan fingerprint density at radius 3 is 2.29 bits per heavy atom. The van der Waals surface area contributed by atoms with Crippen molar-refractivity contribution in [2.45, 2.75) is 13.8 Å². The molecule has 0 atom stereocenters. The molecular weight excluding hydrogens is 424 g/mol. The molecule has 164 valence electrons. The van der Waals surface area contributed by atoms with Crippen LogP contribution >= 0.6 is 11.3 Å². The first-order chi connectivity index (χ1) is 14.9. The van der Waals surface area contributed by atoms with Crippen molar-refractivity contribution in [3.63, 3.8) is 0 Å². The molecule has 0 radical (unpaired) electrons. The van der Waals surface area contributed by atoms with E-state index in [9.17, 15) is 18.4 Å². The third-order valence-corrected chi connectivity index (χ3v) is 5.99. The first kappa shape index (κ1) is 22.8. The van der Waals surface area contributed by atoms with Gasteiger partial charge >= 0.3 is 5.97 Å². The first-order valence-electron chi connectivity index (χ1n) is 9.86. The van der Waals surface area contributed by atoms with Gasteiger partial charge in [0, 0.05) is 24.7 Å². The smallest absolute Gasteiger partial charge is 0.337 e. The molecule has 0 saturated heterocycles. The summed E-state index contributed by atoms with van der Waals surface area (Å²) in [5.41, 5.74) is 0.701. The molecule has 9 heteroatoms. The molecule has 1 amide bonds. The van der Waals surface area contributed by atoms with E-state index >= 15 is 0 Å². The van der Waals surface area contributed by atoms with Crippen molar-refractivity contribution in [1.82, 2.24) is 9.88 Å². The summed E-state index contributed by atoms with van der Waals surface area (Å²) in [6.07, 6.45) is 0. The van der Waals surface area contributed by atoms with E-state index in [2.05, 4.69) is 14.6 Å². The molecule has 0 aliphatic heterocycles. The predicted molar refractivity (Wildman–Crippen MR) is 117 cm³/mol. The van der Waals surface area contributed by atoms with E-state index in [0.717, 1.165) is 30.5 Å². The number of benzene rings is 2. The van der Waals surface area contributed by atoms with Crippen molar-refractivity contribution in [3.8, 4) is 0 Å². The average molecular weight is 448 g/mol. The summed E-state index contributed by atoms with van der Waals surface area (Å²) in [5, 5.41) is 0.286. The van der Waals surface area contributed by atoms with E-state index in [-0.39, 0.29) is 16.6 Å². The van der Waals surface area contributed by atoms with Gasteiger partial charge in [0.25, 0.3) is 5.91 Å². The van der Waals surface area contributed by atoms with Gasteiger partial charge in [-0.3, -0.25) is 9.69 Å². The molecular formula is C22H23F2N3O3S. The Balaban J connectivity index is 1.97. The maximum Gasteiger partial charge on any atom is 0.337 e. The highest BCUT2D eigenvalue weighted by Gasteiger charge is 2.23. The molecule has 1 aromatic heterocycles. The Bertz CT molecular complexity index is 1080. The second-order valence-corrected chi connectivity index (χ2v) is 7.79. The molecule has 0 aliphatic rings. The molecule has 0 aliphatic carbocycles. The summed E-state index contributed by atoms with van der Waals surface area (Å²) >= 11 is 1.06. The summed E-state index contributed by atoms with van der Waals surface area (Å²) in [6, 6.07) is 8.07. The lowest BCUT2D eigenvalue weighted by Gasteiger charge is -2.24. The number of hydrogen-bond donors (Lipinski definition) is 0. The van der Waals surface area contributed by atoms with E-state index < -0.39 is 17.6 Å². The van der Waals surface area contributed by atoms with E-state index in [4.69, 9.17) is 0 Å². The van der Waals surface area contributed by atoms with Gasteiger partial charge in [-0.1, -0.05) is 25.2 Å². The first-order valence-corrected chi connectivity index (χ1v) is 10.7. The van der Waals surface area contributed by atoms with E-state index in [1.54, 1.807) is 0 Å². The number of anilines is 1. The Morgan fingerprint density at radius 1 is 1.03 bits per heavy atom. The summed E-state index contributed by atoms with van der Waals surface area (Å²) in [5.74, 6) is -2.31. The van der Waals surface area contributed by atoms with Crippen molar-refractivity contribution in [2.75, 3.05) is 38.2 Å². The number of nitrogens with zero attached hydrogens (tertiary/aromatic N) is 3. The zero-order chi connectivity index (χ0) is 22.5. The molecule has 0 fully saturated rings. The van der Waals surface area contributed by atoms with E-state index in [1.165, 1.54) is 42.3 Å². The lowest BCUT2D eigenvalue weighted by molar-refractivity contribution is 0.0600. The SMILES string of the molecule is CCN(CC)CCN(C(=O)c1ccc(C(=O)OC)cc1)c1nc2c(F)cc(F)cc2s1. The van der Waals surface area contributed by atoms with Crippen LogP contribution in [-0.4, -0.2) is 55.0 Å². The number of fused-ring (bicyclic) bond motifs is 1. The number of rotatable bonds is 8. The minimum Gasteiger partial charge on any atom is -0.465 e. The van der Waals surface area contributed by atoms with Gasteiger partial charge in [-0.25, -0.2) is 18.6 Å². The van der Waals surface area contributed by atoms with Crippen LogP contribution in [0.4, 0.5) is 13.9 Å². The number of hydrogen-bond acceptors (Lipinski definition) is 6. The average Bonchev–Trinajstić information content (AvgIpc) is 3.20. The van der Waals surface area contributed by atoms with Gasteiger partial charge in [-0.15, -0.1) is 0 Å². The molecule has 0 saturated carbocycles. The van der Waals surface area contributed by atoms with Crippen molar-refractivity contribution < 1.29 is 23.1 Å². The maximum atomic E-state index is 14.2. The minimum absolute atomic E-state index is 0.0306. The Kier molecular flexibility index (Phi) is 7.29. The third-order valence-electron chi connectivity index (χ3n) is 4.97. The third kappa shape index (κ3) is 5.05. The Hall–Kier alpha value is -2.91. The molecule has 0 spiro atoms. The van der Waals surface area contributed by atoms with E-state index in [0.29, 0.717) is 28.9 Å². The lowest BCUT2D eigenvalue weighted by Crippen LogP contribution is -2.38. The molecule has 1 heterocycles. The van der Waals surface area contributed by atoms with Crippen molar-refractivity contribution in [2.24, 2.45) is 0 Å². The molecule has 3 rings (SSSR count). The number of amides is 1. The highest BCUT2D eigenvalue weighted by Crippen LogP contribution is 2.32. The number of thiazole rings is 1. The Morgan fingerprint density at radius 2 is 1.68 bits per heavy atom. The number of carbonyl (C=O) groups is 2. The molecule has 0 N–H and O–H groups in total. The minimum atomic E-state index is -0.768. The molecule has 6 nitrogen and oxygen atoms in total. The lowest BCUT2D eigenvalue weighted by atomic mass is 10.1. The highest BCUT2D eigenvalue weighted by molar-refractivity contribution is 7.22. The molecule has 0 unspecified atom stereocenters. The number of aromatic nitrogens is 1. The van der Waals surface area contributed by atoms with Crippen LogP contribution in [0.3, 0.4) is 0 Å². The zero-order valence-electron chi connectivity index (χ0n) is 17.5. The van der Waals surface area contributed by atoms with Crippen molar-refractivity contribution >= 4 is 38.6 Å². The quantitative estimate of drug-likeness (QED) is 0.481. The van der Waals surface area contributed by atoms with Gasteiger partial charge in [0.2, 0.25) is 0 Å². The van der Waals surface area contributed by atoms with Crippen LogP contribution in [-0.2, 0) is 4.74 Å². The van der Waals surface area contributed by atoms with Gasteiger partial charge in [0.05, 0.1) is 17.4 Å². The van der Waals surface area contributed by atoms with Gasteiger partial charge in [-0.2, -0.15) is 0 Å². The second-order valence-electron chi connectivity index (χ2n) is 6.78. The fourth-order valence-corrected chi connectivity index (χ4v) is 4.18. The monoisotopic (exact) mass is 447 g/mol. The topological polar surface area (TPSA) is 62.7 Å². The summed E-state index contributed by atoms with van der Waals surface area (Å²) in [7, 11) is 1.28. The fourth-order valence-electron chi connectivity index (χ4n) is 3.15. The van der Waals surface area contributed by atoms with Crippen LogP contribution in [0.1, 0.15) is 34.6 Å². The molecule has 2 aromatic carbocycles. The predicted octanol–water partition coefficient (Wildman–Crippen LogP) is 4.35. The standard InChI is InChI=1S/C22H23F2N3O3S/c1-4-26(5-2)10-11-27(20(28)14-6-8-15(9-7-14)21(29)30-3)22-25-19-17(24)12-16(23)13-18(19)31-22/h6-9,12-13H,4-5,10-11H2,1-3H3. The highest BCUT2D eigenvalue weighted by atomic mass is 32.1. The number of halogens is 2. The van der Waals surface area contributed by atoms with Crippen LogP contribution in [0.2, 0.25) is 0 Å². The van der Waals surface area contributed by atoms with Crippen LogP contribution in [0.25, 0.3) is 10.2 Å². The van der Waals surface area contributed by atoms with Gasteiger partial charge < -0.3 is 9.64 Å². The second kappa shape index (κ2) is 9.93. The van der Waals surface area contributed by atoms with Crippen LogP contribution < -0.4 is 4.90 Å². The van der Waals surface area contributed by atoms with Crippen molar-refractivity contribution in [3.05, 3.63) is 59.2 Å². The Labute approximate surface area is 183 Å².